The maximum absolute atomic E-state index is 13.2. The molecule has 5 heteroatoms. The number of ether oxygens (including phenoxy) is 2. The minimum absolute atomic E-state index is 0.108. The van der Waals surface area contributed by atoms with Gasteiger partial charge in [0.15, 0.2) is 11.5 Å². The minimum Gasteiger partial charge on any atom is -0.493 e. The molecule has 0 saturated carbocycles. The number of likely N-dealkylation sites (tertiary alicyclic amines) is 1. The molecule has 29 heavy (non-hydrogen) atoms. The van der Waals surface area contributed by atoms with Crippen molar-refractivity contribution in [3.63, 3.8) is 0 Å². The Labute approximate surface area is 171 Å². The number of aromatic nitrogens is 1. The zero-order chi connectivity index (χ0) is 20.4. The van der Waals surface area contributed by atoms with E-state index in [1.165, 1.54) is 0 Å². The van der Waals surface area contributed by atoms with Gasteiger partial charge in [0.05, 0.1) is 25.5 Å². The van der Waals surface area contributed by atoms with E-state index in [1.54, 1.807) is 14.2 Å². The van der Waals surface area contributed by atoms with E-state index in [9.17, 15) is 4.79 Å². The van der Waals surface area contributed by atoms with Crippen molar-refractivity contribution >= 4 is 5.91 Å². The van der Waals surface area contributed by atoms with E-state index in [0.717, 1.165) is 54.1 Å². The summed E-state index contributed by atoms with van der Waals surface area (Å²) < 4.78 is 13.0. The van der Waals surface area contributed by atoms with Crippen LogP contribution in [0.2, 0.25) is 0 Å². The highest BCUT2D eigenvalue weighted by Gasteiger charge is 2.25. The lowest BCUT2D eigenvalue weighted by atomic mass is 10.1. The molecular weight excluding hydrogens is 364 g/mol. The Morgan fingerprint density at radius 3 is 2.24 bits per heavy atom. The number of amides is 1. The lowest BCUT2D eigenvalue weighted by Crippen LogP contribution is -2.27. The number of methoxy groups -OCH3 is 2. The molecule has 1 aromatic heterocycles. The predicted octanol–water partition coefficient (Wildman–Crippen LogP) is 4.71. The Balaban J connectivity index is 1.88. The van der Waals surface area contributed by atoms with E-state index in [1.807, 2.05) is 54.3 Å². The first-order valence-corrected chi connectivity index (χ1v) is 9.93. The molecule has 1 aliphatic heterocycles. The summed E-state index contributed by atoms with van der Waals surface area (Å²) in [7, 11) is 3.26. The summed E-state index contributed by atoms with van der Waals surface area (Å²) in [5, 5.41) is 0. The second kappa shape index (κ2) is 8.03. The second-order valence-electron chi connectivity index (χ2n) is 7.27. The van der Waals surface area contributed by atoms with Crippen LogP contribution in [-0.4, -0.2) is 42.7 Å². The Hall–Kier alpha value is -3.21. The van der Waals surface area contributed by atoms with Crippen molar-refractivity contribution < 1.29 is 14.3 Å². The lowest BCUT2D eigenvalue weighted by molar-refractivity contribution is 0.0792. The van der Waals surface area contributed by atoms with Gasteiger partial charge < -0.3 is 18.9 Å². The summed E-state index contributed by atoms with van der Waals surface area (Å²) in [5.74, 6) is 1.44. The van der Waals surface area contributed by atoms with Crippen molar-refractivity contribution in [3.8, 4) is 28.4 Å². The van der Waals surface area contributed by atoms with Crippen molar-refractivity contribution in [2.45, 2.75) is 19.8 Å². The molecule has 0 radical (unpaired) electrons. The molecule has 0 aliphatic carbocycles. The molecule has 150 valence electrons. The van der Waals surface area contributed by atoms with Crippen molar-refractivity contribution in [1.29, 1.82) is 0 Å². The van der Waals surface area contributed by atoms with Crippen LogP contribution >= 0.6 is 0 Å². The summed E-state index contributed by atoms with van der Waals surface area (Å²) in [6, 6.07) is 18.0. The van der Waals surface area contributed by atoms with Gasteiger partial charge in [-0.15, -0.1) is 0 Å². The Kier molecular flexibility index (Phi) is 5.30. The van der Waals surface area contributed by atoms with Crippen molar-refractivity contribution in [2.75, 3.05) is 27.3 Å². The maximum Gasteiger partial charge on any atom is 0.255 e. The fourth-order valence-corrected chi connectivity index (χ4v) is 4.03. The van der Waals surface area contributed by atoms with Gasteiger partial charge in [0.25, 0.3) is 5.91 Å². The average molecular weight is 390 g/mol. The van der Waals surface area contributed by atoms with Crippen LogP contribution in [0.3, 0.4) is 0 Å². The van der Waals surface area contributed by atoms with Crippen molar-refractivity contribution in [3.05, 3.63) is 65.9 Å². The zero-order valence-corrected chi connectivity index (χ0v) is 17.1. The van der Waals surface area contributed by atoms with Crippen molar-refractivity contribution in [2.24, 2.45) is 0 Å². The quantitative estimate of drug-likeness (QED) is 0.634. The molecule has 2 heterocycles. The van der Waals surface area contributed by atoms with Gasteiger partial charge >= 0.3 is 0 Å². The van der Waals surface area contributed by atoms with E-state index in [4.69, 9.17) is 9.47 Å². The highest BCUT2D eigenvalue weighted by atomic mass is 16.5. The first-order chi connectivity index (χ1) is 14.1. The Morgan fingerprint density at radius 1 is 0.897 bits per heavy atom. The van der Waals surface area contributed by atoms with Gasteiger partial charge in [-0.1, -0.05) is 30.3 Å². The SMILES string of the molecule is COc1ccc(-n2c(-c3ccccc3)cc(C(=O)N3CCCC3)c2C)cc1OC. The van der Waals surface area contributed by atoms with Crippen LogP contribution < -0.4 is 9.47 Å². The summed E-state index contributed by atoms with van der Waals surface area (Å²) in [4.78, 5) is 15.1. The van der Waals surface area contributed by atoms with Gasteiger partial charge in [0, 0.05) is 30.5 Å². The highest BCUT2D eigenvalue weighted by Crippen LogP contribution is 2.35. The Bertz CT molecular complexity index is 1020. The molecule has 1 saturated heterocycles. The normalized spacial score (nSPS) is 13.6. The van der Waals surface area contributed by atoms with Gasteiger partial charge in [0.1, 0.15) is 0 Å². The molecule has 0 N–H and O–H groups in total. The van der Waals surface area contributed by atoms with Crippen LogP contribution in [0.15, 0.2) is 54.6 Å². The molecule has 5 nitrogen and oxygen atoms in total. The third-order valence-electron chi connectivity index (χ3n) is 5.57. The third kappa shape index (κ3) is 3.48. The number of nitrogens with zero attached hydrogens (tertiary/aromatic N) is 2. The van der Waals surface area contributed by atoms with Crippen LogP contribution in [-0.2, 0) is 0 Å². The lowest BCUT2D eigenvalue weighted by Gasteiger charge is -2.17. The third-order valence-corrected chi connectivity index (χ3v) is 5.57. The molecular formula is C24H26N2O3. The van der Waals surface area contributed by atoms with Gasteiger partial charge in [-0.2, -0.15) is 0 Å². The molecule has 0 atom stereocenters. The average Bonchev–Trinajstić information content (AvgIpc) is 3.42. The molecule has 1 amide bonds. The maximum atomic E-state index is 13.2. The summed E-state index contributed by atoms with van der Waals surface area (Å²) >= 11 is 0. The molecule has 0 unspecified atom stereocenters. The monoisotopic (exact) mass is 390 g/mol. The second-order valence-corrected chi connectivity index (χ2v) is 7.27. The number of carbonyl (C=O) groups excluding carboxylic acids is 1. The van der Waals surface area contributed by atoms with Crippen molar-refractivity contribution in [1.82, 2.24) is 9.47 Å². The predicted molar refractivity (Wildman–Crippen MR) is 114 cm³/mol. The minimum atomic E-state index is 0.108. The molecule has 2 aromatic carbocycles. The summed E-state index contributed by atoms with van der Waals surface area (Å²) in [6.07, 6.45) is 2.15. The molecule has 4 rings (SSSR count). The fraction of sp³-hybridized carbons (Fsp3) is 0.292. The number of hydrogen-bond acceptors (Lipinski definition) is 3. The van der Waals surface area contributed by atoms with E-state index < -0.39 is 0 Å². The van der Waals surface area contributed by atoms with Crippen LogP contribution in [0.1, 0.15) is 28.9 Å². The molecule has 3 aromatic rings. The first kappa shape index (κ1) is 19.1. The molecule has 1 aliphatic rings. The van der Waals surface area contributed by atoms with Crippen LogP contribution in [0, 0.1) is 6.92 Å². The first-order valence-electron chi connectivity index (χ1n) is 9.93. The Morgan fingerprint density at radius 2 is 1.59 bits per heavy atom. The summed E-state index contributed by atoms with van der Waals surface area (Å²) in [5.41, 5.74) is 4.65. The fourth-order valence-electron chi connectivity index (χ4n) is 4.03. The highest BCUT2D eigenvalue weighted by molar-refractivity contribution is 5.97. The van der Waals surface area contributed by atoms with Crippen LogP contribution in [0.25, 0.3) is 16.9 Å². The number of hydrogen-bond donors (Lipinski definition) is 0. The van der Waals surface area contributed by atoms with Crippen LogP contribution in [0.5, 0.6) is 11.5 Å². The van der Waals surface area contributed by atoms with Gasteiger partial charge in [-0.05, 0) is 43.5 Å². The molecule has 1 fully saturated rings. The molecule has 0 spiro atoms. The van der Waals surface area contributed by atoms with E-state index >= 15 is 0 Å². The van der Waals surface area contributed by atoms with Gasteiger partial charge in [0.2, 0.25) is 0 Å². The molecule has 0 bridgehead atoms. The van der Waals surface area contributed by atoms with E-state index in [-0.39, 0.29) is 5.91 Å². The van der Waals surface area contributed by atoms with E-state index in [0.29, 0.717) is 11.5 Å². The largest absolute Gasteiger partial charge is 0.493 e. The zero-order valence-electron chi connectivity index (χ0n) is 17.1. The van der Waals surface area contributed by atoms with Gasteiger partial charge in [-0.3, -0.25) is 4.79 Å². The summed E-state index contributed by atoms with van der Waals surface area (Å²) in [6.45, 7) is 3.67. The van der Waals surface area contributed by atoms with Gasteiger partial charge in [-0.25, -0.2) is 0 Å². The smallest absolute Gasteiger partial charge is 0.255 e. The van der Waals surface area contributed by atoms with Crippen LogP contribution in [0.4, 0.5) is 0 Å². The van der Waals surface area contributed by atoms with E-state index in [2.05, 4.69) is 16.7 Å². The number of carbonyl (C=O) groups is 1. The topological polar surface area (TPSA) is 43.7 Å². The number of rotatable bonds is 5. The number of benzene rings is 2. The standard InChI is InChI=1S/C24H26N2O3/c1-17-20(24(27)25-13-7-8-14-25)16-21(18-9-5-4-6-10-18)26(17)19-11-12-22(28-2)23(15-19)29-3/h4-6,9-12,15-16H,7-8,13-14H2,1-3H3.